The number of cyclic esters (lactones) is 1. The van der Waals surface area contributed by atoms with Gasteiger partial charge in [-0.1, -0.05) is 31.4 Å². The van der Waals surface area contributed by atoms with Crippen molar-refractivity contribution in [1.82, 2.24) is 0 Å². The second kappa shape index (κ2) is 6.50. The lowest BCUT2D eigenvalue weighted by Crippen LogP contribution is -2.38. The largest absolute Gasteiger partial charge is 0.454 e. The maximum Gasteiger partial charge on any atom is 0.338 e. The molecule has 1 saturated carbocycles. The first-order valence-electron chi connectivity index (χ1n) is 6.91. The van der Waals surface area contributed by atoms with Crippen molar-refractivity contribution in [2.45, 2.75) is 56.5 Å². The van der Waals surface area contributed by atoms with Crippen LogP contribution in [-0.2, 0) is 14.3 Å². The van der Waals surface area contributed by atoms with Crippen LogP contribution in [0.25, 0.3) is 0 Å². The van der Waals surface area contributed by atoms with E-state index < -0.39 is 30.4 Å². The molecule has 2 rings (SSSR count). The zero-order chi connectivity index (χ0) is 13.8. The predicted octanol–water partition coefficient (Wildman–Crippen LogP) is 0.785. The van der Waals surface area contributed by atoms with Gasteiger partial charge in [0.15, 0.2) is 12.2 Å². The zero-order valence-electron chi connectivity index (χ0n) is 11.2. The van der Waals surface area contributed by atoms with E-state index in [0.717, 1.165) is 12.8 Å². The number of rotatable bonds is 4. The molecule has 1 saturated heterocycles. The molecule has 5 heteroatoms. The minimum absolute atomic E-state index is 0.482. The number of carbonyl (C=O) groups excluding carboxylic acids is 1. The van der Waals surface area contributed by atoms with E-state index in [1.54, 1.807) is 6.08 Å². The molecular formula is C14H22O5. The first kappa shape index (κ1) is 14.5. The van der Waals surface area contributed by atoms with Gasteiger partial charge in [-0.2, -0.15) is 0 Å². The van der Waals surface area contributed by atoms with Gasteiger partial charge >= 0.3 is 5.97 Å². The number of hydrogen-bond donors (Lipinski definition) is 2. The van der Waals surface area contributed by atoms with Crippen molar-refractivity contribution in [3.05, 3.63) is 12.2 Å². The average Bonchev–Trinajstić information content (AvgIpc) is 2.72. The number of allylic oxidation sites excluding steroid dienone is 1. The molecule has 2 unspecified atom stereocenters. The van der Waals surface area contributed by atoms with E-state index in [-0.39, 0.29) is 0 Å². The van der Waals surface area contributed by atoms with Crippen LogP contribution in [0.3, 0.4) is 0 Å². The molecule has 0 amide bonds. The number of ether oxygens (including phenoxy) is 2. The highest BCUT2D eigenvalue weighted by Crippen LogP contribution is 2.26. The Morgan fingerprint density at radius 3 is 2.63 bits per heavy atom. The fourth-order valence-corrected chi connectivity index (χ4v) is 2.80. The minimum Gasteiger partial charge on any atom is -0.454 e. The first-order valence-corrected chi connectivity index (χ1v) is 6.91. The van der Waals surface area contributed by atoms with Crippen LogP contribution in [0.5, 0.6) is 0 Å². The molecule has 0 aromatic carbocycles. The van der Waals surface area contributed by atoms with Crippen LogP contribution < -0.4 is 0 Å². The maximum atomic E-state index is 11.4. The van der Waals surface area contributed by atoms with E-state index in [1.807, 2.05) is 6.08 Å². The van der Waals surface area contributed by atoms with Crippen LogP contribution in [0, 0.1) is 5.92 Å². The van der Waals surface area contributed by atoms with Gasteiger partial charge in [0.1, 0.15) is 12.2 Å². The highest BCUT2D eigenvalue weighted by Gasteiger charge is 2.46. The molecule has 2 N–H and O–H groups in total. The molecule has 1 heterocycles. The van der Waals surface area contributed by atoms with Crippen molar-refractivity contribution in [3.8, 4) is 0 Å². The van der Waals surface area contributed by atoms with Gasteiger partial charge in [-0.3, -0.25) is 0 Å². The van der Waals surface area contributed by atoms with Gasteiger partial charge in [0.2, 0.25) is 0 Å². The third kappa shape index (κ3) is 3.35. The average molecular weight is 270 g/mol. The summed E-state index contributed by atoms with van der Waals surface area (Å²) in [5, 5.41) is 19.9. The Morgan fingerprint density at radius 1 is 1.37 bits per heavy atom. The zero-order valence-corrected chi connectivity index (χ0v) is 11.2. The summed E-state index contributed by atoms with van der Waals surface area (Å²) in [6.07, 6.45) is 5.56. The van der Waals surface area contributed by atoms with E-state index >= 15 is 0 Å². The van der Waals surface area contributed by atoms with Gasteiger partial charge < -0.3 is 19.7 Å². The highest BCUT2D eigenvalue weighted by atomic mass is 16.6. The standard InChI is InChI=1S/C14H22O5/c1-18-13-11(16)12(19-14(13)17)10(15)8-7-9-5-3-2-4-6-9/h7-13,15-16H,2-6H2,1H3/b8-7+/t10-,11?,12?,13-/m1/s1. The molecule has 0 spiro atoms. The van der Waals surface area contributed by atoms with E-state index in [2.05, 4.69) is 0 Å². The first-order chi connectivity index (χ1) is 9.13. The Bertz CT molecular complexity index is 335. The Kier molecular flexibility index (Phi) is 4.96. The fourth-order valence-electron chi connectivity index (χ4n) is 2.80. The lowest BCUT2D eigenvalue weighted by molar-refractivity contribution is -0.150. The molecule has 0 aromatic heterocycles. The summed E-state index contributed by atoms with van der Waals surface area (Å²) in [5.74, 6) is -0.138. The smallest absolute Gasteiger partial charge is 0.338 e. The summed E-state index contributed by atoms with van der Waals surface area (Å²) in [7, 11) is 1.34. The SMILES string of the molecule is CO[C@H]1C(=O)OC([C@H](O)/C=C/C2CCCCC2)C1O. The molecule has 1 aliphatic heterocycles. The highest BCUT2D eigenvalue weighted by molar-refractivity contribution is 5.78. The summed E-state index contributed by atoms with van der Waals surface area (Å²) in [5.41, 5.74) is 0. The molecule has 1 aliphatic carbocycles. The minimum atomic E-state index is -1.12. The molecule has 4 atom stereocenters. The monoisotopic (exact) mass is 270 g/mol. The summed E-state index contributed by atoms with van der Waals surface area (Å²) >= 11 is 0. The molecule has 2 aliphatic rings. The topological polar surface area (TPSA) is 76.0 Å². The van der Waals surface area contributed by atoms with Gasteiger partial charge in [-0.25, -0.2) is 4.79 Å². The van der Waals surface area contributed by atoms with Gasteiger partial charge in [-0.05, 0) is 18.8 Å². The van der Waals surface area contributed by atoms with Gasteiger partial charge in [-0.15, -0.1) is 0 Å². The molecule has 0 radical (unpaired) electrons. The van der Waals surface area contributed by atoms with Crippen molar-refractivity contribution in [1.29, 1.82) is 0 Å². The van der Waals surface area contributed by atoms with Crippen molar-refractivity contribution in [3.63, 3.8) is 0 Å². The third-order valence-electron chi connectivity index (χ3n) is 3.95. The van der Waals surface area contributed by atoms with Crippen LogP contribution >= 0.6 is 0 Å². The number of carbonyl (C=O) groups is 1. The number of methoxy groups -OCH3 is 1. The Labute approximate surface area is 113 Å². The van der Waals surface area contributed by atoms with E-state index in [4.69, 9.17) is 9.47 Å². The lowest BCUT2D eigenvalue weighted by atomic mass is 9.88. The normalized spacial score (nSPS) is 34.7. The third-order valence-corrected chi connectivity index (χ3v) is 3.95. The molecule has 19 heavy (non-hydrogen) atoms. The fraction of sp³-hybridized carbons (Fsp3) is 0.786. The molecular weight excluding hydrogens is 248 g/mol. The van der Waals surface area contributed by atoms with Crippen molar-refractivity contribution in [2.75, 3.05) is 7.11 Å². The Balaban J connectivity index is 1.90. The van der Waals surface area contributed by atoms with Crippen molar-refractivity contribution in [2.24, 2.45) is 5.92 Å². The number of hydrogen-bond acceptors (Lipinski definition) is 5. The number of aliphatic hydroxyl groups is 2. The van der Waals surface area contributed by atoms with Gasteiger partial charge in [0, 0.05) is 7.11 Å². The van der Waals surface area contributed by atoms with E-state index in [0.29, 0.717) is 5.92 Å². The summed E-state index contributed by atoms with van der Waals surface area (Å²) in [6.45, 7) is 0. The van der Waals surface area contributed by atoms with Crippen molar-refractivity contribution >= 4 is 5.97 Å². The number of esters is 1. The Morgan fingerprint density at radius 2 is 2.05 bits per heavy atom. The van der Waals surface area contributed by atoms with Gasteiger partial charge in [0.25, 0.3) is 0 Å². The number of aliphatic hydroxyl groups excluding tert-OH is 2. The molecule has 108 valence electrons. The van der Waals surface area contributed by atoms with Gasteiger partial charge in [0.05, 0.1) is 0 Å². The van der Waals surface area contributed by atoms with Crippen LogP contribution in [0.4, 0.5) is 0 Å². The summed E-state index contributed by atoms with van der Waals surface area (Å²) in [4.78, 5) is 11.4. The quantitative estimate of drug-likeness (QED) is 0.583. The summed E-state index contributed by atoms with van der Waals surface area (Å²) < 4.78 is 9.81. The molecule has 2 fully saturated rings. The van der Waals surface area contributed by atoms with Crippen LogP contribution in [0.1, 0.15) is 32.1 Å². The summed E-state index contributed by atoms with van der Waals surface area (Å²) in [6, 6.07) is 0. The van der Waals surface area contributed by atoms with Crippen molar-refractivity contribution < 1.29 is 24.5 Å². The lowest BCUT2D eigenvalue weighted by Gasteiger charge is -2.20. The van der Waals surface area contributed by atoms with Crippen LogP contribution in [0.2, 0.25) is 0 Å². The second-order valence-corrected chi connectivity index (χ2v) is 5.32. The predicted molar refractivity (Wildman–Crippen MR) is 68.4 cm³/mol. The molecule has 0 aromatic rings. The van der Waals surface area contributed by atoms with Crippen LogP contribution in [-0.4, -0.2) is 47.7 Å². The van der Waals surface area contributed by atoms with Crippen LogP contribution in [0.15, 0.2) is 12.2 Å². The maximum absolute atomic E-state index is 11.4. The Hall–Kier alpha value is -0.910. The molecule has 0 bridgehead atoms. The van der Waals surface area contributed by atoms with E-state index in [9.17, 15) is 15.0 Å². The van der Waals surface area contributed by atoms with E-state index in [1.165, 1.54) is 26.4 Å². The second-order valence-electron chi connectivity index (χ2n) is 5.32. The molecule has 5 nitrogen and oxygen atoms in total.